The van der Waals surface area contributed by atoms with Crippen LogP contribution in [0.2, 0.25) is 0 Å². The summed E-state index contributed by atoms with van der Waals surface area (Å²) in [6, 6.07) is 0. The zero-order chi connectivity index (χ0) is 8.91. The number of rotatable bonds is 3. The van der Waals surface area contributed by atoms with Crippen molar-refractivity contribution in [1.29, 1.82) is 0 Å². The molecule has 66 valence electrons. The number of alkyl halides is 3. The second-order valence-electron chi connectivity index (χ2n) is 1.64. The van der Waals surface area contributed by atoms with Gasteiger partial charge in [-0.2, -0.15) is 13.2 Å². The van der Waals surface area contributed by atoms with Gasteiger partial charge in [0.15, 0.2) is 0 Å². The summed E-state index contributed by atoms with van der Waals surface area (Å²) in [5, 5.41) is 0. The topological polar surface area (TPSA) is 9.23 Å². The highest BCUT2D eigenvalue weighted by Gasteiger charge is 2.26. The van der Waals surface area contributed by atoms with Crippen LogP contribution in [0.15, 0.2) is 10.8 Å². The second kappa shape index (κ2) is 4.72. The highest BCUT2D eigenvalue weighted by atomic mass is 35.5. The van der Waals surface area contributed by atoms with Crippen molar-refractivity contribution in [2.75, 3.05) is 6.61 Å². The molecule has 0 bridgehead atoms. The summed E-state index contributed by atoms with van der Waals surface area (Å²) in [6.45, 7) is -0.466. The Morgan fingerprint density at radius 1 is 1.36 bits per heavy atom. The van der Waals surface area contributed by atoms with Gasteiger partial charge in [0.05, 0.1) is 13.0 Å². The predicted molar refractivity (Wildman–Crippen MR) is 36.4 cm³/mol. The van der Waals surface area contributed by atoms with Crippen LogP contribution in [-0.2, 0) is 4.74 Å². The highest BCUT2D eigenvalue weighted by molar-refractivity contribution is 6.55. The molecule has 0 aliphatic rings. The highest BCUT2D eigenvalue weighted by Crippen LogP contribution is 2.19. The lowest BCUT2D eigenvalue weighted by atomic mass is 10.4. The van der Waals surface area contributed by atoms with Crippen LogP contribution in [0.3, 0.4) is 0 Å². The molecule has 6 heteroatoms. The van der Waals surface area contributed by atoms with E-state index in [1.54, 1.807) is 0 Å². The minimum absolute atomic E-state index is 0.202. The molecule has 0 unspecified atom stereocenters. The zero-order valence-electron chi connectivity index (χ0n) is 5.29. The van der Waals surface area contributed by atoms with Crippen LogP contribution >= 0.6 is 23.2 Å². The van der Waals surface area contributed by atoms with E-state index in [0.29, 0.717) is 0 Å². The predicted octanol–water partition coefficient (Wildman–Crippen LogP) is 3.23. The lowest BCUT2D eigenvalue weighted by molar-refractivity contribution is -0.141. The lowest BCUT2D eigenvalue weighted by Crippen LogP contribution is -2.10. The third-order valence-electron chi connectivity index (χ3n) is 0.676. The van der Waals surface area contributed by atoms with Crippen LogP contribution in [0.5, 0.6) is 0 Å². The molecule has 0 spiro atoms. The Kier molecular flexibility index (Phi) is 4.68. The van der Waals surface area contributed by atoms with E-state index in [1.807, 2.05) is 0 Å². The number of ether oxygens (including phenoxy) is 1. The maximum absolute atomic E-state index is 11.4. The summed E-state index contributed by atoms with van der Waals surface area (Å²) in [7, 11) is 0. The molecule has 0 aromatic carbocycles. The van der Waals surface area contributed by atoms with Gasteiger partial charge in [-0.3, -0.25) is 0 Å². The Balaban J connectivity index is 3.36. The first kappa shape index (κ1) is 10.9. The van der Waals surface area contributed by atoms with E-state index >= 15 is 0 Å². The van der Waals surface area contributed by atoms with Crippen LogP contribution in [0.1, 0.15) is 6.42 Å². The average molecular weight is 209 g/mol. The smallest absolute Gasteiger partial charge is 0.392 e. The molecular formula is C5H5Cl2F3O. The molecule has 0 saturated heterocycles. The van der Waals surface area contributed by atoms with Crippen molar-refractivity contribution in [2.45, 2.75) is 12.6 Å². The van der Waals surface area contributed by atoms with Crippen LogP contribution < -0.4 is 0 Å². The van der Waals surface area contributed by atoms with Crippen molar-refractivity contribution < 1.29 is 17.9 Å². The Morgan fingerprint density at radius 3 is 2.27 bits per heavy atom. The molecule has 0 aliphatic carbocycles. The first-order valence-electron chi connectivity index (χ1n) is 2.61. The van der Waals surface area contributed by atoms with Crippen LogP contribution in [0, 0.1) is 0 Å². The first-order valence-corrected chi connectivity index (χ1v) is 3.37. The Hall–Kier alpha value is -0.0900. The monoisotopic (exact) mass is 208 g/mol. The molecular weight excluding hydrogens is 204 g/mol. The maximum atomic E-state index is 11.4. The van der Waals surface area contributed by atoms with Gasteiger partial charge in [0.2, 0.25) is 0 Å². The van der Waals surface area contributed by atoms with E-state index in [4.69, 9.17) is 23.2 Å². The molecule has 0 aromatic rings. The molecule has 0 amide bonds. The Bertz CT molecular complexity index is 139. The van der Waals surface area contributed by atoms with Gasteiger partial charge in [0.1, 0.15) is 10.8 Å². The molecule has 1 nitrogen and oxygen atoms in total. The molecule has 0 saturated carbocycles. The molecule has 0 aromatic heterocycles. The van der Waals surface area contributed by atoms with Gasteiger partial charge in [-0.25, -0.2) is 0 Å². The van der Waals surface area contributed by atoms with Gasteiger partial charge in [0.25, 0.3) is 0 Å². The van der Waals surface area contributed by atoms with Gasteiger partial charge in [0, 0.05) is 0 Å². The molecule has 0 rings (SSSR count). The van der Waals surface area contributed by atoms with E-state index < -0.39 is 19.2 Å². The average Bonchev–Trinajstić information content (AvgIpc) is 1.78. The fraction of sp³-hybridized carbons (Fsp3) is 0.600. The number of halogens is 5. The number of hydrogen-bond acceptors (Lipinski definition) is 1. The van der Waals surface area contributed by atoms with Crippen molar-refractivity contribution >= 4 is 23.2 Å². The third-order valence-corrected chi connectivity index (χ3v) is 0.854. The molecule has 0 atom stereocenters. The van der Waals surface area contributed by atoms with Crippen LogP contribution in [0.25, 0.3) is 0 Å². The summed E-state index contributed by atoms with van der Waals surface area (Å²) in [5.41, 5.74) is 0. The second-order valence-corrected chi connectivity index (χ2v) is 2.65. The fourth-order valence-corrected chi connectivity index (χ4v) is 0.423. The van der Waals surface area contributed by atoms with E-state index in [0.717, 1.165) is 6.26 Å². The zero-order valence-corrected chi connectivity index (χ0v) is 6.80. The SMILES string of the molecule is FC(F)(F)CCOC=C(Cl)Cl. The molecule has 0 N–H and O–H groups in total. The van der Waals surface area contributed by atoms with Gasteiger partial charge in [-0.1, -0.05) is 23.2 Å². The standard InChI is InChI=1S/C5H5Cl2F3O/c6-4(7)3-11-2-1-5(8,9)10/h3H,1-2H2. The summed E-state index contributed by atoms with van der Waals surface area (Å²) >= 11 is 10.1. The van der Waals surface area contributed by atoms with Gasteiger partial charge < -0.3 is 4.74 Å². The van der Waals surface area contributed by atoms with Crippen molar-refractivity contribution in [3.8, 4) is 0 Å². The van der Waals surface area contributed by atoms with Crippen molar-refractivity contribution in [3.63, 3.8) is 0 Å². The van der Waals surface area contributed by atoms with Gasteiger partial charge >= 0.3 is 6.18 Å². The van der Waals surface area contributed by atoms with E-state index in [2.05, 4.69) is 4.74 Å². The van der Waals surface area contributed by atoms with Crippen molar-refractivity contribution in [2.24, 2.45) is 0 Å². The molecule has 0 heterocycles. The summed E-state index contributed by atoms with van der Waals surface area (Å²) in [4.78, 5) is 0. The minimum Gasteiger partial charge on any atom is -0.498 e. The summed E-state index contributed by atoms with van der Waals surface area (Å²) in [6.07, 6.45) is -4.36. The number of hydrogen-bond donors (Lipinski definition) is 0. The largest absolute Gasteiger partial charge is 0.498 e. The Morgan fingerprint density at radius 2 is 1.91 bits per heavy atom. The van der Waals surface area contributed by atoms with Crippen molar-refractivity contribution in [3.05, 3.63) is 10.8 Å². The summed E-state index contributed by atoms with van der Waals surface area (Å²) in [5.74, 6) is 0. The molecule has 0 radical (unpaired) electrons. The maximum Gasteiger partial charge on any atom is 0.392 e. The van der Waals surface area contributed by atoms with Crippen LogP contribution in [-0.4, -0.2) is 12.8 Å². The summed E-state index contributed by atoms with van der Waals surface area (Å²) < 4.78 is 38.4. The fourth-order valence-electron chi connectivity index (χ4n) is 0.297. The van der Waals surface area contributed by atoms with E-state index in [1.165, 1.54) is 0 Å². The molecule has 0 aliphatic heterocycles. The van der Waals surface area contributed by atoms with Crippen LogP contribution in [0.4, 0.5) is 13.2 Å². The molecule has 0 fully saturated rings. The van der Waals surface area contributed by atoms with E-state index in [9.17, 15) is 13.2 Å². The quantitative estimate of drug-likeness (QED) is 0.512. The van der Waals surface area contributed by atoms with E-state index in [-0.39, 0.29) is 4.49 Å². The third kappa shape index (κ3) is 9.91. The van der Waals surface area contributed by atoms with Gasteiger partial charge in [-0.15, -0.1) is 0 Å². The first-order chi connectivity index (χ1) is 4.92. The Labute approximate surface area is 71.7 Å². The van der Waals surface area contributed by atoms with Crippen molar-refractivity contribution in [1.82, 2.24) is 0 Å². The lowest BCUT2D eigenvalue weighted by Gasteiger charge is -2.04. The van der Waals surface area contributed by atoms with Gasteiger partial charge in [-0.05, 0) is 0 Å². The minimum atomic E-state index is -4.20. The normalized spacial score (nSPS) is 11.0. The molecule has 11 heavy (non-hydrogen) atoms.